The van der Waals surface area contributed by atoms with Gasteiger partial charge in [0.2, 0.25) is 0 Å². The molecule has 0 heterocycles. The summed E-state index contributed by atoms with van der Waals surface area (Å²) < 4.78 is 38.3. The second kappa shape index (κ2) is 5.96. The average Bonchev–Trinajstić information content (AvgIpc) is 2.40. The minimum absolute atomic E-state index is 0.0143. The molecule has 0 aromatic heterocycles. The molecule has 104 valence electrons. The summed E-state index contributed by atoms with van der Waals surface area (Å²) in [5, 5.41) is 4.23. The number of hydrazone groups is 1. The highest BCUT2D eigenvalue weighted by Gasteiger charge is 2.32. The van der Waals surface area contributed by atoms with Gasteiger partial charge in [-0.25, -0.2) is 0 Å². The van der Waals surface area contributed by atoms with Gasteiger partial charge in [-0.3, -0.25) is 5.43 Å². The zero-order valence-electron chi connectivity index (χ0n) is 10.2. The normalized spacial score (nSPS) is 11.8. The Balaban J connectivity index is 2.19. The first kappa shape index (κ1) is 14.4. The van der Waals surface area contributed by atoms with E-state index < -0.39 is 11.7 Å². The van der Waals surface area contributed by atoms with E-state index in [-0.39, 0.29) is 5.56 Å². The van der Waals surface area contributed by atoms with Gasteiger partial charge in [0.05, 0.1) is 22.5 Å². The predicted molar refractivity (Wildman–Crippen MR) is 74.1 cm³/mol. The highest BCUT2D eigenvalue weighted by molar-refractivity contribution is 6.33. The number of halogens is 4. The summed E-state index contributed by atoms with van der Waals surface area (Å²) in [6.45, 7) is 0. The van der Waals surface area contributed by atoms with Crippen molar-refractivity contribution in [3.63, 3.8) is 0 Å². The van der Waals surface area contributed by atoms with Crippen LogP contribution in [0.2, 0.25) is 5.02 Å². The van der Waals surface area contributed by atoms with Crippen LogP contribution in [0.1, 0.15) is 11.1 Å². The number of hydrogen-bond donors (Lipinski definition) is 1. The molecular formula is C14H10ClF3N2. The topological polar surface area (TPSA) is 24.4 Å². The molecule has 0 aliphatic heterocycles. The second-order valence-electron chi connectivity index (χ2n) is 3.93. The van der Waals surface area contributed by atoms with Gasteiger partial charge in [-0.1, -0.05) is 41.9 Å². The number of nitrogens with one attached hydrogen (secondary N) is 1. The second-order valence-corrected chi connectivity index (χ2v) is 4.34. The fourth-order valence-electron chi connectivity index (χ4n) is 1.59. The summed E-state index contributed by atoms with van der Waals surface area (Å²) in [4.78, 5) is 0. The third kappa shape index (κ3) is 3.51. The predicted octanol–water partition coefficient (Wildman–Crippen LogP) is 4.80. The zero-order valence-corrected chi connectivity index (χ0v) is 10.9. The molecule has 0 saturated carbocycles. The van der Waals surface area contributed by atoms with Gasteiger partial charge in [0.15, 0.2) is 0 Å². The minimum Gasteiger partial charge on any atom is -0.277 e. The van der Waals surface area contributed by atoms with Crippen molar-refractivity contribution in [1.82, 2.24) is 0 Å². The highest BCUT2D eigenvalue weighted by atomic mass is 35.5. The lowest BCUT2D eigenvalue weighted by Gasteiger charge is -2.09. The Morgan fingerprint density at radius 1 is 1.00 bits per heavy atom. The van der Waals surface area contributed by atoms with Crippen molar-refractivity contribution in [1.29, 1.82) is 0 Å². The summed E-state index contributed by atoms with van der Waals surface area (Å²) >= 11 is 5.89. The first-order valence-electron chi connectivity index (χ1n) is 5.68. The first-order chi connectivity index (χ1) is 9.48. The maximum atomic E-state index is 12.8. The van der Waals surface area contributed by atoms with Crippen LogP contribution in [0.5, 0.6) is 0 Å². The van der Waals surface area contributed by atoms with Crippen molar-refractivity contribution in [3.8, 4) is 0 Å². The maximum absolute atomic E-state index is 12.8. The van der Waals surface area contributed by atoms with Crippen molar-refractivity contribution in [2.24, 2.45) is 5.10 Å². The first-order valence-corrected chi connectivity index (χ1v) is 6.06. The van der Waals surface area contributed by atoms with Gasteiger partial charge in [-0.15, -0.1) is 0 Å². The number of anilines is 1. The molecule has 2 aromatic rings. The third-order valence-corrected chi connectivity index (χ3v) is 2.86. The standard InChI is InChI=1S/C14H10ClF3N2/c15-12-7-3-4-8-13(12)20-19-9-10-5-1-2-6-11(10)14(16,17)18/h1-9,20H/b19-9-. The molecule has 0 bridgehead atoms. The van der Waals surface area contributed by atoms with Gasteiger partial charge in [0, 0.05) is 5.56 Å². The van der Waals surface area contributed by atoms with Gasteiger partial charge in [-0.05, 0) is 18.2 Å². The van der Waals surface area contributed by atoms with E-state index in [0.29, 0.717) is 10.7 Å². The fourth-order valence-corrected chi connectivity index (χ4v) is 1.77. The Kier molecular flexibility index (Phi) is 4.29. The average molecular weight is 299 g/mol. The number of alkyl halides is 3. The maximum Gasteiger partial charge on any atom is 0.417 e. The monoisotopic (exact) mass is 298 g/mol. The fraction of sp³-hybridized carbons (Fsp3) is 0.0714. The van der Waals surface area contributed by atoms with Crippen LogP contribution in [0.4, 0.5) is 18.9 Å². The molecule has 0 saturated heterocycles. The summed E-state index contributed by atoms with van der Waals surface area (Å²) in [6.07, 6.45) is -3.29. The van der Waals surface area contributed by atoms with E-state index in [2.05, 4.69) is 10.5 Å². The number of hydrogen-bond acceptors (Lipinski definition) is 2. The van der Waals surface area contributed by atoms with Gasteiger partial charge >= 0.3 is 6.18 Å². The molecule has 2 nitrogen and oxygen atoms in total. The largest absolute Gasteiger partial charge is 0.417 e. The van der Waals surface area contributed by atoms with E-state index in [0.717, 1.165) is 12.3 Å². The van der Waals surface area contributed by atoms with Gasteiger partial charge in [0.1, 0.15) is 0 Å². The summed E-state index contributed by atoms with van der Waals surface area (Å²) in [7, 11) is 0. The van der Waals surface area contributed by atoms with Crippen molar-refractivity contribution < 1.29 is 13.2 Å². The van der Waals surface area contributed by atoms with Crippen LogP contribution in [0.3, 0.4) is 0 Å². The van der Waals surface area contributed by atoms with E-state index in [1.54, 1.807) is 24.3 Å². The number of rotatable bonds is 3. The van der Waals surface area contributed by atoms with Crippen molar-refractivity contribution in [2.45, 2.75) is 6.18 Å². The molecule has 0 amide bonds. The minimum atomic E-state index is -4.41. The zero-order chi connectivity index (χ0) is 14.6. The van der Waals surface area contributed by atoms with E-state index in [4.69, 9.17) is 11.6 Å². The Labute approximate surface area is 118 Å². The van der Waals surface area contributed by atoms with Crippen molar-refractivity contribution in [3.05, 3.63) is 64.7 Å². The number of nitrogens with zero attached hydrogens (tertiary/aromatic N) is 1. The van der Waals surface area contributed by atoms with Crippen LogP contribution in [-0.2, 0) is 6.18 Å². The lowest BCUT2D eigenvalue weighted by atomic mass is 10.1. The van der Waals surface area contributed by atoms with Crippen LogP contribution in [-0.4, -0.2) is 6.21 Å². The Morgan fingerprint density at radius 3 is 2.35 bits per heavy atom. The molecule has 0 fully saturated rings. The molecule has 0 atom stereocenters. The molecular weight excluding hydrogens is 289 g/mol. The molecule has 20 heavy (non-hydrogen) atoms. The lowest BCUT2D eigenvalue weighted by molar-refractivity contribution is -0.137. The van der Waals surface area contributed by atoms with Crippen LogP contribution in [0.15, 0.2) is 53.6 Å². The van der Waals surface area contributed by atoms with E-state index >= 15 is 0 Å². The van der Waals surface area contributed by atoms with Gasteiger partial charge in [-0.2, -0.15) is 18.3 Å². The Hall–Kier alpha value is -2.01. The molecule has 2 aromatic carbocycles. The number of para-hydroxylation sites is 1. The molecule has 0 aliphatic carbocycles. The summed E-state index contributed by atoms with van der Waals surface area (Å²) in [5.74, 6) is 0. The van der Waals surface area contributed by atoms with Crippen LogP contribution in [0, 0.1) is 0 Å². The Morgan fingerprint density at radius 2 is 1.65 bits per heavy atom. The Bertz CT molecular complexity index is 624. The number of benzene rings is 2. The highest BCUT2D eigenvalue weighted by Crippen LogP contribution is 2.31. The van der Waals surface area contributed by atoms with Crippen LogP contribution >= 0.6 is 11.6 Å². The quantitative estimate of drug-likeness (QED) is 0.638. The van der Waals surface area contributed by atoms with Crippen molar-refractivity contribution >= 4 is 23.5 Å². The van der Waals surface area contributed by atoms with Crippen LogP contribution < -0.4 is 5.43 Å². The third-order valence-electron chi connectivity index (χ3n) is 2.53. The van der Waals surface area contributed by atoms with Gasteiger partial charge in [0.25, 0.3) is 0 Å². The molecule has 1 N–H and O–H groups in total. The lowest BCUT2D eigenvalue weighted by Crippen LogP contribution is -2.08. The SMILES string of the molecule is FC(F)(F)c1ccccc1/C=N\Nc1ccccc1Cl. The molecule has 0 unspecified atom stereocenters. The summed E-state index contributed by atoms with van der Waals surface area (Å²) in [6, 6.07) is 12.0. The van der Waals surface area contributed by atoms with Gasteiger partial charge < -0.3 is 0 Å². The van der Waals surface area contributed by atoms with E-state index in [1.165, 1.54) is 18.2 Å². The summed E-state index contributed by atoms with van der Waals surface area (Å²) in [5.41, 5.74) is 2.39. The molecule has 6 heteroatoms. The van der Waals surface area contributed by atoms with E-state index in [1.807, 2.05) is 0 Å². The smallest absolute Gasteiger partial charge is 0.277 e. The van der Waals surface area contributed by atoms with Crippen LogP contribution in [0.25, 0.3) is 0 Å². The van der Waals surface area contributed by atoms with Crippen molar-refractivity contribution in [2.75, 3.05) is 5.43 Å². The molecule has 0 radical (unpaired) electrons. The van der Waals surface area contributed by atoms with E-state index in [9.17, 15) is 13.2 Å². The molecule has 2 rings (SSSR count). The molecule has 0 aliphatic rings. The molecule has 0 spiro atoms.